The highest BCUT2D eigenvalue weighted by molar-refractivity contribution is 5.51. The second kappa shape index (κ2) is 5.41. The molecule has 0 heterocycles. The number of hydrogen-bond acceptors (Lipinski definition) is 2. The standard InChI is InChI=1S/C14H21F3N2/c1-13(2,3)9-19(4)11-6-5-10(8-18)12(7-11)14(15,16)17/h5-7H,8-9,18H2,1-4H3. The number of halogens is 3. The van der Waals surface area contributed by atoms with Crippen LogP contribution in [0.15, 0.2) is 18.2 Å². The highest BCUT2D eigenvalue weighted by Gasteiger charge is 2.33. The molecule has 0 atom stereocenters. The van der Waals surface area contributed by atoms with Crippen LogP contribution in [0, 0.1) is 5.41 Å². The van der Waals surface area contributed by atoms with Gasteiger partial charge >= 0.3 is 6.18 Å². The van der Waals surface area contributed by atoms with Gasteiger partial charge in [0.1, 0.15) is 0 Å². The van der Waals surface area contributed by atoms with Crippen LogP contribution in [0.3, 0.4) is 0 Å². The van der Waals surface area contributed by atoms with Crippen LogP contribution in [0.5, 0.6) is 0 Å². The first-order chi connectivity index (χ1) is 8.54. The van der Waals surface area contributed by atoms with Gasteiger partial charge in [-0.05, 0) is 23.1 Å². The second-order valence-electron chi connectivity index (χ2n) is 5.96. The maximum absolute atomic E-state index is 12.9. The predicted molar refractivity (Wildman–Crippen MR) is 72.1 cm³/mol. The molecule has 0 aliphatic carbocycles. The minimum Gasteiger partial charge on any atom is -0.374 e. The lowest BCUT2D eigenvalue weighted by molar-refractivity contribution is -0.138. The summed E-state index contributed by atoms with van der Waals surface area (Å²) in [6.45, 7) is 6.69. The Balaban J connectivity index is 3.12. The van der Waals surface area contributed by atoms with E-state index in [1.54, 1.807) is 13.1 Å². The summed E-state index contributed by atoms with van der Waals surface area (Å²) in [6.07, 6.45) is -4.37. The van der Waals surface area contributed by atoms with Crippen molar-refractivity contribution >= 4 is 5.69 Å². The van der Waals surface area contributed by atoms with E-state index >= 15 is 0 Å². The van der Waals surface area contributed by atoms with Crippen molar-refractivity contribution in [2.75, 3.05) is 18.5 Å². The smallest absolute Gasteiger partial charge is 0.374 e. The molecule has 1 rings (SSSR count). The van der Waals surface area contributed by atoms with Crippen LogP contribution < -0.4 is 10.6 Å². The molecule has 0 saturated carbocycles. The van der Waals surface area contributed by atoms with E-state index in [0.717, 1.165) is 0 Å². The van der Waals surface area contributed by atoms with Crippen LogP contribution in [0.4, 0.5) is 18.9 Å². The van der Waals surface area contributed by atoms with Crippen molar-refractivity contribution in [1.82, 2.24) is 0 Å². The molecule has 1 aromatic carbocycles. The lowest BCUT2D eigenvalue weighted by Crippen LogP contribution is -2.29. The summed E-state index contributed by atoms with van der Waals surface area (Å²) in [6, 6.07) is 4.31. The minimum atomic E-state index is -4.37. The van der Waals surface area contributed by atoms with Gasteiger partial charge in [-0.1, -0.05) is 26.8 Å². The summed E-state index contributed by atoms with van der Waals surface area (Å²) in [5.74, 6) is 0. The Morgan fingerprint density at radius 2 is 1.74 bits per heavy atom. The normalized spacial score (nSPS) is 12.6. The number of nitrogens with zero attached hydrogens (tertiary/aromatic N) is 1. The first-order valence-corrected chi connectivity index (χ1v) is 6.16. The summed E-state index contributed by atoms with van der Waals surface area (Å²) >= 11 is 0. The molecule has 0 spiro atoms. The van der Waals surface area contributed by atoms with Crippen molar-refractivity contribution < 1.29 is 13.2 Å². The maximum Gasteiger partial charge on any atom is 0.416 e. The van der Waals surface area contributed by atoms with Gasteiger partial charge in [0.05, 0.1) is 5.56 Å². The lowest BCUT2D eigenvalue weighted by atomic mass is 9.95. The van der Waals surface area contributed by atoms with Gasteiger partial charge in [0.15, 0.2) is 0 Å². The second-order valence-corrected chi connectivity index (χ2v) is 5.96. The number of hydrogen-bond donors (Lipinski definition) is 1. The molecule has 0 aromatic heterocycles. The number of nitrogens with two attached hydrogens (primary N) is 1. The van der Waals surface area contributed by atoms with Crippen molar-refractivity contribution in [1.29, 1.82) is 0 Å². The molecule has 1 aromatic rings. The van der Waals surface area contributed by atoms with Crippen LogP contribution in [-0.4, -0.2) is 13.6 Å². The van der Waals surface area contributed by atoms with Crippen LogP contribution >= 0.6 is 0 Å². The van der Waals surface area contributed by atoms with E-state index in [2.05, 4.69) is 0 Å². The number of anilines is 1. The molecule has 0 unspecified atom stereocenters. The molecule has 0 saturated heterocycles. The first-order valence-electron chi connectivity index (χ1n) is 6.16. The highest BCUT2D eigenvalue weighted by Crippen LogP contribution is 2.34. The van der Waals surface area contributed by atoms with Gasteiger partial charge in [-0.3, -0.25) is 0 Å². The van der Waals surface area contributed by atoms with E-state index < -0.39 is 11.7 Å². The lowest BCUT2D eigenvalue weighted by Gasteiger charge is -2.29. The van der Waals surface area contributed by atoms with Crippen LogP contribution in [-0.2, 0) is 12.7 Å². The molecule has 2 N–H and O–H groups in total. The third kappa shape index (κ3) is 4.42. The largest absolute Gasteiger partial charge is 0.416 e. The van der Waals surface area contributed by atoms with E-state index in [-0.39, 0.29) is 17.5 Å². The zero-order valence-electron chi connectivity index (χ0n) is 11.8. The fourth-order valence-corrected chi connectivity index (χ4v) is 2.05. The van der Waals surface area contributed by atoms with Gasteiger partial charge < -0.3 is 10.6 Å². The first kappa shape index (κ1) is 15.8. The topological polar surface area (TPSA) is 29.3 Å². The van der Waals surface area contributed by atoms with E-state index in [1.807, 2.05) is 25.7 Å². The predicted octanol–water partition coefficient (Wildman–Crippen LogP) is 3.65. The Hall–Kier alpha value is -1.23. The molecule has 0 amide bonds. The molecule has 0 fully saturated rings. The molecule has 0 bridgehead atoms. The Kier molecular flexibility index (Phi) is 4.50. The van der Waals surface area contributed by atoms with Crippen molar-refractivity contribution in [2.24, 2.45) is 11.1 Å². The fraction of sp³-hybridized carbons (Fsp3) is 0.571. The molecule has 0 aliphatic rings. The van der Waals surface area contributed by atoms with Crippen molar-refractivity contribution in [3.63, 3.8) is 0 Å². The van der Waals surface area contributed by atoms with Gasteiger partial charge in [-0.15, -0.1) is 0 Å². The summed E-state index contributed by atoms with van der Waals surface area (Å²) in [7, 11) is 1.79. The number of rotatable bonds is 3. The summed E-state index contributed by atoms with van der Waals surface area (Å²) in [5.41, 5.74) is 5.41. The molecule has 0 aliphatic heterocycles. The third-order valence-corrected chi connectivity index (χ3v) is 2.77. The van der Waals surface area contributed by atoms with Crippen molar-refractivity contribution in [3.8, 4) is 0 Å². The Labute approximate surface area is 112 Å². The van der Waals surface area contributed by atoms with Crippen LogP contribution in [0.2, 0.25) is 0 Å². The average molecular weight is 274 g/mol. The monoisotopic (exact) mass is 274 g/mol. The Bertz CT molecular complexity index is 433. The Morgan fingerprint density at radius 1 is 1.16 bits per heavy atom. The number of alkyl halides is 3. The molecule has 5 heteroatoms. The Morgan fingerprint density at radius 3 is 2.16 bits per heavy atom. The molecule has 19 heavy (non-hydrogen) atoms. The minimum absolute atomic E-state index is 0.0136. The zero-order valence-corrected chi connectivity index (χ0v) is 11.8. The molecular formula is C14H21F3N2. The average Bonchev–Trinajstić information content (AvgIpc) is 2.24. The third-order valence-electron chi connectivity index (χ3n) is 2.77. The van der Waals surface area contributed by atoms with Gasteiger partial charge in [-0.2, -0.15) is 13.2 Å². The van der Waals surface area contributed by atoms with Gasteiger partial charge in [0, 0.05) is 25.8 Å². The van der Waals surface area contributed by atoms with Crippen molar-refractivity contribution in [2.45, 2.75) is 33.5 Å². The van der Waals surface area contributed by atoms with Crippen LogP contribution in [0.1, 0.15) is 31.9 Å². The van der Waals surface area contributed by atoms with E-state index in [9.17, 15) is 13.2 Å². The van der Waals surface area contributed by atoms with E-state index in [1.165, 1.54) is 12.1 Å². The van der Waals surface area contributed by atoms with E-state index in [4.69, 9.17) is 5.73 Å². The SMILES string of the molecule is CN(CC(C)(C)C)c1ccc(CN)c(C(F)(F)F)c1. The number of benzene rings is 1. The quantitative estimate of drug-likeness (QED) is 0.911. The molecule has 108 valence electrons. The zero-order chi connectivity index (χ0) is 14.8. The van der Waals surface area contributed by atoms with Crippen LogP contribution in [0.25, 0.3) is 0 Å². The maximum atomic E-state index is 12.9. The molecule has 2 nitrogen and oxygen atoms in total. The summed E-state index contributed by atoms with van der Waals surface area (Å²) < 4.78 is 38.8. The summed E-state index contributed by atoms with van der Waals surface area (Å²) in [4.78, 5) is 1.83. The highest BCUT2D eigenvalue weighted by atomic mass is 19.4. The molecule has 0 radical (unpaired) electrons. The van der Waals surface area contributed by atoms with Gasteiger partial charge in [-0.25, -0.2) is 0 Å². The summed E-state index contributed by atoms with van der Waals surface area (Å²) in [5, 5.41) is 0. The van der Waals surface area contributed by atoms with E-state index in [0.29, 0.717) is 12.2 Å². The van der Waals surface area contributed by atoms with Gasteiger partial charge in [0.2, 0.25) is 0 Å². The van der Waals surface area contributed by atoms with Crippen molar-refractivity contribution in [3.05, 3.63) is 29.3 Å². The fourth-order valence-electron chi connectivity index (χ4n) is 2.05. The van der Waals surface area contributed by atoms with Gasteiger partial charge in [0.25, 0.3) is 0 Å². The molecular weight excluding hydrogens is 253 g/mol.